The standard InChI is InChI=1S/C17H19FOS/c1-11-7-12(2)9-14(8-11)10-20-16-6-4-5-15(18)17(16)13(3)19/h4-9,13,19H,10H2,1-3H3. The fourth-order valence-electron chi connectivity index (χ4n) is 2.36. The number of rotatable bonds is 4. The van der Waals surface area contributed by atoms with Crippen molar-refractivity contribution >= 4 is 11.8 Å². The van der Waals surface area contributed by atoms with E-state index in [1.807, 2.05) is 6.07 Å². The molecular formula is C17H19FOS. The van der Waals surface area contributed by atoms with Gasteiger partial charge in [-0.25, -0.2) is 4.39 Å². The second-order valence-electron chi connectivity index (χ2n) is 5.11. The van der Waals surface area contributed by atoms with Gasteiger partial charge < -0.3 is 5.11 Å². The first kappa shape index (κ1) is 15.1. The predicted molar refractivity (Wildman–Crippen MR) is 82.5 cm³/mol. The van der Waals surface area contributed by atoms with Gasteiger partial charge in [0.1, 0.15) is 5.82 Å². The van der Waals surface area contributed by atoms with Crippen molar-refractivity contribution in [2.24, 2.45) is 0 Å². The number of aliphatic hydroxyl groups is 1. The molecule has 0 amide bonds. The van der Waals surface area contributed by atoms with Crippen molar-refractivity contribution in [2.75, 3.05) is 0 Å². The highest BCUT2D eigenvalue weighted by molar-refractivity contribution is 7.98. The number of thioether (sulfide) groups is 1. The Morgan fingerprint density at radius 3 is 2.40 bits per heavy atom. The van der Waals surface area contributed by atoms with E-state index in [1.54, 1.807) is 24.8 Å². The summed E-state index contributed by atoms with van der Waals surface area (Å²) in [7, 11) is 0. The lowest BCUT2D eigenvalue weighted by molar-refractivity contribution is 0.191. The fraction of sp³-hybridized carbons (Fsp3) is 0.294. The molecule has 0 saturated carbocycles. The molecule has 0 aliphatic heterocycles. The Morgan fingerprint density at radius 2 is 1.80 bits per heavy atom. The Labute approximate surface area is 123 Å². The molecule has 20 heavy (non-hydrogen) atoms. The molecule has 2 rings (SSSR count). The first-order valence-electron chi connectivity index (χ1n) is 6.64. The maximum atomic E-state index is 13.8. The summed E-state index contributed by atoms with van der Waals surface area (Å²) in [5.41, 5.74) is 4.07. The summed E-state index contributed by atoms with van der Waals surface area (Å²) in [6.45, 7) is 5.74. The van der Waals surface area contributed by atoms with E-state index >= 15 is 0 Å². The van der Waals surface area contributed by atoms with E-state index in [0.717, 1.165) is 10.6 Å². The summed E-state index contributed by atoms with van der Waals surface area (Å²) in [4.78, 5) is 0.805. The second-order valence-corrected chi connectivity index (χ2v) is 6.13. The Bertz CT molecular complexity index is 588. The van der Waals surface area contributed by atoms with E-state index in [4.69, 9.17) is 0 Å². The van der Waals surface area contributed by atoms with E-state index in [1.165, 1.54) is 22.8 Å². The van der Waals surface area contributed by atoms with Crippen molar-refractivity contribution in [2.45, 2.75) is 37.5 Å². The van der Waals surface area contributed by atoms with Gasteiger partial charge in [-0.3, -0.25) is 0 Å². The van der Waals surface area contributed by atoms with Gasteiger partial charge >= 0.3 is 0 Å². The zero-order chi connectivity index (χ0) is 14.7. The highest BCUT2D eigenvalue weighted by atomic mass is 32.2. The maximum Gasteiger partial charge on any atom is 0.130 e. The van der Waals surface area contributed by atoms with Crippen LogP contribution in [-0.4, -0.2) is 5.11 Å². The highest BCUT2D eigenvalue weighted by Crippen LogP contribution is 2.32. The molecule has 2 aromatic rings. The molecule has 2 aromatic carbocycles. The molecule has 1 unspecified atom stereocenters. The van der Waals surface area contributed by atoms with Gasteiger partial charge in [0.2, 0.25) is 0 Å². The van der Waals surface area contributed by atoms with Gasteiger partial charge in [-0.2, -0.15) is 0 Å². The van der Waals surface area contributed by atoms with E-state index < -0.39 is 6.10 Å². The zero-order valence-electron chi connectivity index (χ0n) is 12.0. The summed E-state index contributed by atoms with van der Waals surface area (Å²) in [6, 6.07) is 11.4. The Morgan fingerprint density at radius 1 is 1.15 bits per heavy atom. The molecule has 0 fully saturated rings. The number of benzene rings is 2. The molecule has 0 aromatic heterocycles. The van der Waals surface area contributed by atoms with Crippen LogP contribution in [0.15, 0.2) is 41.3 Å². The number of hydrogen-bond donors (Lipinski definition) is 1. The third-order valence-corrected chi connectivity index (χ3v) is 4.25. The fourth-order valence-corrected chi connectivity index (χ4v) is 3.45. The Kier molecular flexibility index (Phi) is 4.84. The van der Waals surface area contributed by atoms with Crippen molar-refractivity contribution < 1.29 is 9.50 Å². The van der Waals surface area contributed by atoms with E-state index in [-0.39, 0.29) is 5.82 Å². The van der Waals surface area contributed by atoms with Crippen LogP contribution in [0.3, 0.4) is 0 Å². The molecule has 0 spiro atoms. The SMILES string of the molecule is Cc1cc(C)cc(CSc2cccc(F)c2C(C)O)c1. The van der Waals surface area contributed by atoms with Crippen LogP contribution < -0.4 is 0 Å². The average Bonchev–Trinajstić information content (AvgIpc) is 2.34. The van der Waals surface area contributed by atoms with Crippen LogP contribution in [0.1, 0.15) is 35.3 Å². The minimum Gasteiger partial charge on any atom is -0.389 e. The molecule has 106 valence electrons. The van der Waals surface area contributed by atoms with Crippen molar-refractivity contribution in [3.05, 3.63) is 64.5 Å². The lowest BCUT2D eigenvalue weighted by atomic mass is 10.1. The van der Waals surface area contributed by atoms with Gasteiger partial charge in [-0.1, -0.05) is 35.4 Å². The van der Waals surface area contributed by atoms with Gasteiger partial charge in [-0.05, 0) is 38.5 Å². The molecule has 0 aliphatic carbocycles. The lowest BCUT2D eigenvalue weighted by Gasteiger charge is -2.13. The minimum absolute atomic E-state index is 0.342. The van der Waals surface area contributed by atoms with E-state index in [2.05, 4.69) is 32.0 Å². The van der Waals surface area contributed by atoms with Crippen molar-refractivity contribution in [1.82, 2.24) is 0 Å². The van der Waals surface area contributed by atoms with Gasteiger partial charge in [0.15, 0.2) is 0 Å². The van der Waals surface area contributed by atoms with Crippen LogP contribution in [-0.2, 0) is 5.75 Å². The minimum atomic E-state index is -0.794. The Hall–Kier alpha value is -1.32. The van der Waals surface area contributed by atoms with Gasteiger partial charge in [0.05, 0.1) is 6.10 Å². The smallest absolute Gasteiger partial charge is 0.130 e. The number of aliphatic hydroxyl groups excluding tert-OH is 1. The average molecular weight is 290 g/mol. The first-order chi connectivity index (χ1) is 9.47. The van der Waals surface area contributed by atoms with E-state index in [9.17, 15) is 9.50 Å². The first-order valence-corrected chi connectivity index (χ1v) is 7.62. The normalized spacial score (nSPS) is 12.4. The maximum absolute atomic E-state index is 13.8. The van der Waals surface area contributed by atoms with Crippen LogP contribution >= 0.6 is 11.8 Å². The summed E-state index contributed by atoms with van der Waals surface area (Å²) < 4.78 is 13.8. The van der Waals surface area contributed by atoms with Gasteiger partial charge in [0.25, 0.3) is 0 Å². The number of halogens is 1. The summed E-state index contributed by atoms with van der Waals surface area (Å²) in [5, 5.41) is 9.72. The number of hydrogen-bond acceptors (Lipinski definition) is 2. The third-order valence-electron chi connectivity index (χ3n) is 3.11. The van der Waals surface area contributed by atoms with Crippen LogP contribution in [0.5, 0.6) is 0 Å². The molecule has 1 N–H and O–H groups in total. The van der Waals surface area contributed by atoms with Crippen molar-refractivity contribution in [3.8, 4) is 0 Å². The topological polar surface area (TPSA) is 20.2 Å². The lowest BCUT2D eigenvalue weighted by Crippen LogP contribution is -1.98. The monoisotopic (exact) mass is 290 g/mol. The van der Waals surface area contributed by atoms with Gasteiger partial charge in [0, 0.05) is 16.2 Å². The summed E-state index contributed by atoms with van der Waals surface area (Å²) >= 11 is 1.56. The molecule has 1 nitrogen and oxygen atoms in total. The van der Waals surface area contributed by atoms with Crippen LogP contribution in [0.2, 0.25) is 0 Å². The van der Waals surface area contributed by atoms with Gasteiger partial charge in [-0.15, -0.1) is 11.8 Å². The molecule has 1 atom stereocenters. The molecular weight excluding hydrogens is 271 g/mol. The van der Waals surface area contributed by atoms with Crippen LogP contribution in [0.4, 0.5) is 4.39 Å². The predicted octanol–water partition coefficient (Wildman–Crippen LogP) is 4.79. The molecule has 0 heterocycles. The molecule has 0 saturated heterocycles. The van der Waals surface area contributed by atoms with Crippen molar-refractivity contribution in [3.63, 3.8) is 0 Å². The quantitative estimate of drug-likeness (QED) is 0.817. The number of aryl methyl sites for hydroxylation is 2. The largest absolute Gasteiger partial charge is 0.389 e. The third kappa shape index (κ3) is 3.62. The Balaban J connectivity index is 2.21. The molecule has 0 aliphatic rings. The molecule has 0 radical (unpaired) electrons. The summed E-state index contributed by atoms with van der Waals surface area (Å²) in [5.74, 6) is 0.427. The zero-order valence-corrected chi connectivity index (χ0v) is 12.8. The highest BCUT2D eigenvalue weighted by Gasteiger charge is 2.13. The second kappa shape index (κ2) is 6.42. The van der Waals surface area contributed by atoms with Crippen molar-refractivity contribution in [1.29, 1.82) is 0 Å². The molecule has 0 bridgehead atoms. The van der Waals surface area contributed by atoms with E-state index in [0.29, 0.717) is 5.56 Å². The molecule has 3 heteroatoms. The summed E-state index contributed by atoms with van der Waals surface area (Å²) in [6.07, 6.45) is -0.794. The van der Waals surface area contributed by atoms with Crippen LogP contribution in [0.25, 0.3) is 0 Å². The van der Waals surface area contributed by atoms with Crippen LogP contribution in [0, 0.1) is 19.7 Å².